The Hall–Kier alpha value is -7.37. The van der Waals surface area contributed by atoms with Crippen molar-refractivity contribution in [2.24, 2.45) is 9.98 Å². The quantitative estimate of drug-likeness (QED) is 0.181. The van der Waals surface area contributed by atoms with Crippen molar-refractivity contribution in [3.05, 3.63) is 199 Å². The molecule has 8 aromatic carbocycles. The molecular formula is C50H32N4O. The van der Waals surface area contributed by atoms with Crippen LogP contribution < -0.4 is 5.32 Å². The molecule has 0 saturated heterocycles. The molecule has 10 aromatic rings. The first kappa shape index (κ1) is 31.2. The molecule has 55 heavy (non-hydrogen) atoms. The van der Waals surface area contributed by atoms with Crippen molar-refractivity contribution < 1.29 is 4.42 Å². The molecule has 0 spiro atoms. The van der Waals surface area contributed by atoms with E-state index in [4.69, 9.17) is 19.4 Å². The molecule has 3 heterocycles. The van der Waals surface area contributed by atoms with Gasteiger partial charge in [0.05, 0.1) is 5.69 Å². The number of aliphatic imine (C=N–C) groups is 2. The number of nitrogens with one attached hydrogen (secondary N) is 1. The van der Waals surface area contributed by atoms with E-state index in [1.807, 2.05) is 54.6 Å². The lowest BCUT2D eigenvalue weighted by molar-refractivity contribution is 0.669. The average molecular weight is 705 g/mol. The molecule has 258 valence electrons. The van der Waals surface area contributed by atoms with Crippen LogP contribution in [-0.4, -0.2) is 16.7 Å². The molecule has 0 fully saturated rings. The number of furan rings is 1. The highest BCUT2D eigenvalue weighted by atomic mass is 16.3. The van der Waals surface area contributed by atoms with Crippen molar-refractivity contribution in [3.8, 4) is 22.4 Å². The molecule has 1 aliphatic heterocycles. The predicted octanol–water partition coefficient (Wildman–Crippen LogP) is 12.3. The first-order valence-corrected chi connectivity index (χ1v) is 18.5. The summed E-state index contributed by atoms with van der Waals surface area (Å²) >= 11 is 0. The molecule has 0 bridgehead atoms. The molecule has 0 aliphatic carbocycles. The molecule has 1 N–H and O–H groups in total. The Labute approximate surface area is 317 Å². The second-order valence-electron chi connectivity index (χ2n) is 14.0. The SMILES string of the molecule is c1ccc(C2=NC(c3cccc(-c4ccc5c(c4)oc4ccc(-c6ccc7c8ccccc8c8ccccc8c7c6)cc45)n3)=NC(c3ccccc3)N2)cc1. The Balaban J connectivity index is 0.966. The van der Waals surface area contributed by atoms with Crippen LogP contribution in [0.1, 0.15) is 23.0 Å². The lowest BCUT2D eigenvalue weighted by Crippen LogP contribution is -2.33. The van der Waals surface area contributed by atoms with Gasteiger partial charge in [-0.3, -0.25) is 0 Å². The van der Waals surface area contributed by atoms with Crippen LogP contribution in [0.4, 0.5) is 0 Å². The zero-order chi connectivity index (χ0) is 36.3. The highest BCUT2D eigenvalue weighted by molar-refractivity contribution is 6.25. The third kappa shape index (κ3) is 5.36. The number of hydrogen-bond acceptors (Lipinski definition) is 5. The van der Waals surface area contributed by atoms with E-state index in [9.17, 15) is 0 Å². The van der Waals surface area contributed by atoms with Crippen molar-refractivity contribution in [2.75, 3.05) is 0 Å². The van der Waals surface area contributed by atoms with Crippen LogP contribution >= 0.6 is 0 Å². The Morgan fingerprint density at radius 1 is 0.400 bits per heavy atom. The van der Waals surface area contributed by atoms with Crippen molar-refractivity contribution in [1.29, 1.82) is 0 Å². The largest absolute Gasteiger partial charge is 0.456 e. The maximum atomic E-state index is 6.47. The predicted molar refractivity (Wildman–Crippen MR) is 227 cm³/mol. The minimum absolute atomic E-state index is 0.292. The smallest absolute Gasteiger partial charge is 0.178 e. The number of pyridine rings is 1. The van der Waals surface area contributed by atoms with E-state index in [-0.39, 0.29) is 6.17 Å². The number of hydrogen-bond donors (Lipinski definition) is 1. The molecule has 1 aliphatic rings. The molecule has 2 aromatic heterocycles. The topological polar surface area (TPSA) is 62.8 Å². The molecule has 1 unspecified atom stereocenters. The fourth-order valence-corrected chi connectivity index (χ4v) is 8.03. The molecule has 5 nitrogen and oxygen atoms in total. The van der Waals surface area contributed by atoms with Crippen LogP contribution in [0, 0.1) is 0 Å². The summed E-state index contributed by atoms with van der Waals surface area (Å²) in [4.78, 5) is 15.1. The Morgan fingerprint density at radius 3 is 1.73 bits per heavy atom. The number of aromatic nitrogens is 1. The van der Waals surface area contributed by atoms with Gasteiger partial charge in [-0.1, -0.05) is 140 Å². The van der Waals surface area contributed by atoms with Crippen LogP contribution in [0.25, 0.3) is 76.6 Å². The van der Waals surface area contributed by atoms with E-state index in [2.05, 4.69) is 133 Å². The van der Waals surface area contributed by atoms with Crippen molar-refractivity contribution in [1.82, 2.24) is 10.3 Å². The first-order chi connectivity index (χ1) is 27.2. The summed E-state index contributed by atoms with van der Waals surface area (Å²) in [5.74, 6) is 1.35. The second-order valence-corrected chi connectivity index (χ2v) is 14.0. The normalized spacial score (nSPS) is 14.4. The minimum atomic E-state index is -0.292. The summed E-state index contributed by atoms with van der Waals surface area (Å²) in [5.41, 5.74) is 8.55. The van der Waals surface area contributed by atoms with Gasteiger partial charge in [-0.2, -0.15) is 0 Å². The first-order valence-electron chi connectivity index (χ1n) is 18.5. The summed E-state index contributed by atoms with van der Waals surface area (Å²) in [5, 5.41) is 13.3. The van der Waals surface area contributed by atoms with E-state index in [0.717, 1.165) is 55.7 Å². The van der Waals surface area contributed by atoms with E-state index in [1.165, 1.54) is 37.9 Å². The Kier molecular flexibility index (Phi) is 7.17. The molecule has 11 rings (SSSR count). The zero-order valence-corrected chi connectivity index (χ0v) is 29.6. The Bertz CT molecular complexity index is 3150. The van der Waals surface area contributed by atoms with Gasteiger partial charge in [0.25, 0.3) is 0 Å². The summed E-state index contributed by atoms with van der Waals surface area (Å²) in [6, 6.07) is 63.5. The highest BCUT2D eigenvalue weighted by Crippen LogP contribution is 2.39. The summed E-state index contributed by atoms with van der Waals surface area (Å²) < 4.78 is 6.47. The summed E-state index contributed by atoms with van der Waals surface area (Å²) in [6.45, 7) is 0. The molecule has 5 heteroatoms. The maximum absolute atomic E-state index is 6.47. The van der Waals surface area contributed by atoms with Crippen LogP contribution in [0.3, 0.4) is 0 Å². The summed E-state index contributed by atoms with van der Waals surface area (Å²) in [7, 11) is 0. The van der Waals surface area contributed by atoms with Crippen molar-refractivity contribution in [2.45, 2.75) is 6.17 Å². The average Bonchev–Trinajstić information content (AvgIpc) is 3.64. The van der Waals surface area contributed by atoms with Crippen molar-refractivity contribution in [3.63, 3.8) is 0 Å². The number of benzene rings is 8. The number of rotatable bonds is 5. The van der Waals surface area contributed by atoms with Crippen molar-refractivity contribution >= 4 is 65.9 Å². The lowest BCUT2D eigenvalue weighted by Gasteiger charge is -2.23. The van der Waals surface area contributed by atoms with E-state index < -0.39 is 0 Å². The molecule has 0 radical (unpaired) electrons. The number of fused-ring (bicyclic) bond motifs is 9. The van der Waals surface area contributed by atoms with Gasteiger partial charge >= 0.3 is 0 Å². The molecular weight excluding hydrogens is 673 g/mol. The van der Waals surface area contributed by atoms with Gasteiger partial charge in [0.2, 0.25) is 0 Å². The van der Waals surface area contributed by atoms with Gasteiger partial charge in [0.1, 0.15) is 28.9 Å². The van der Waals surface area contributed by atoms with Gasteiger partial charge < -0.3 is 9.73 Å². The maximum Gasteiger partial charge on any atom is 0.178 e. The fraction of sp³-hybridized carbons (Fsp3) is 0.0200. The second kappa shape index (κ2) is 12.6. The third-order valence-corrected chi connectivity index (χ3v) is 10.7. The van der Waals surface area contributed by atoms with Crippen LogP contribution in [0.2, 0.25) is 0 Å². The van der Waals surface area contributed by atoms with E-state index in [1.54, 1.807) is 0 Å². The van der Waals surface area contributed by atoms with E-state index in [0.29, 0.717) is 11.5 Å². The third-order valence-electron chi connectivity index (χ3n) is 10.7. The van der Waals surface area contributed by atoms with Gasteiger partial charge in [-0.05, 0) is 91.5 Å². The number of nitrogens with zero attached hydrogens (tertiary/aromatic N) is 3. The zero-order valence-electron chi connectivity index (χ0n) is 29.6. The van der Waals surface area contributed by atoms with Crippen LogP contribution in [0.5, 0.6) is 0 Å². The molecule has 0 amide bonds. The highest BCUT2D eigenvalue weighted by Gasteiger charge is 2.22. The van der Waals surface area contributed by atoms with Gasteiger partial charge in [0.15, 0.2) is 5.84 Å². The van der Waals surface area contributed by atoms with Gasteiger partial charge in [0, 0.05) is 21.9 Å². The number of amidine groups is 2. The monoisotopic (exact) mass is 704 g/mol. The standard InChI is InChI=1S/C50H32N4O/c1-3-12-31(13-4-1)48-52-49(32-14-5-2-6-15-32)54-50(53-48)45-21-11-20-44(51-45)35-23-26-41-43-29-34(24-27-46(43)55-47(41)30-35)33-22-25-40-38-18-8-7-16-36(38)37-17-9-10-19-39(37)42(40)28-33/h1-30,48H,(H,52,53,54). The lowest BCUT2D eigenvalue weighted by atomic mass is 9.92. The van der Waals surface area contributed by atoms with Gasteiger partial charge in [-0.15, -0.1) is 0 Å². The van der Waals surface area contributed by atoms with Gasteiger partial charge in [-0.25, -0.2) is 15.0 Å². The van der Waals surface area contributed by atoms with Crippen LogP contribution in [-0.2, 0) is 0 Å². The van der Waals surface area contributed by atoms with Crippen LogP contribution in [0.15, 0.2) is 196 Å². The summed E-state index contributed by atoms with van der Waals surface area (Å²) in [6.07, 6.45) is -0.292. The molecule has 0 saturated carbocycles. The Morgan fingerprint density at radius 2 is 0.982 bits per heavy atom. The minimum Gasteiger partial charge on any atom is -0.456 e. The van der Waals surface area contributed by atoms with E-state index >= 15 is 0 Å². The molecule has 1 atom stereocenters. The fourth-order valence-electron chi connectivity index (χ4n) is 8.03.